The Bertz CT molecular complexity index is 756. The molecule has 2 aromatic carbocycles. The topological polar surface area (TPSA) is 72.2 Å². The number of aryl methyl sites for hydroxylation is 2. The fourth-order valence-corrected chi connectivity index (χ4v) is 3.25. The first kappa shape index (κ1) is 17.4. The van der Waals surface area contributed by atoms with Gasteiger partial charge in [0.25, 0.3) is 0 Å². The molecular formula is C21H24N2O2. The molecule has 0 spiro atoms. The van der Waals surface area contributed by atoms with Crippen LogP contribution >= 0.6 is 0 Å². The van der Waals surface area contributed by atoms with E-state index in [-0.39, 0.29) is 30.6 Å². The zero-order valence-corrected chi connectivity index (χ0v) is 14.3. The highest BCUT2D eigenvalue weighted by molar-refractivity contribution is 5.98. The standard InChI is InChI=1S/C21H24N2O2/c22-19(16-5-2-1-3-6-16)14-23-21(25)12-11-20(24)18-10-9-15-7-4-8-17(15)13-18/h1-3,5-6,9-10,13,19H,4,7-8,11-12,14,22H2,(H,23,25). The lowest BCUT2D eigenvalue weighted by atomic mass is 10.0. The van der Waals surface area contributed by atoms with E-state index in [9.17, 15) is 9.59 Å². The van der Waals surface area contributed by atoms with Crippen molar-refractivity contribution >= 4 is 11.7 Å². The predicted octanol–water partition coefficient (Wildman–Crippen LogP) is 2.95. The molecule has 25 heavy (non-hydrogen) atoms. The van der Waals surface area contributed by atoms with Gasteiger partial charge in [-0.3, -0.25) is 9.59 Å². The lowest BCUT2D eigenvalue weighted by Crippen LogP contribution is -2.32. The van der Waals surface area contributed by atoms with Gasteiger partial charge in [-0.15, -0.1) is 0 Å². The van der Waals surface area contributed by atoms with Crippen molar-refractivity contribution in [3.05, 3.63) is 70.8 Å². The van der Waals surface area contributed by atoms with E-state index >= 15 is 0 Å². The fourth-order valence-electron chi connectivity index (χ4n) is 3.25. The second-order valence-electron chi connectivity index (χ2n) is 6.58. The summed E-state index contributed by atoms with van der Waals surface area (Å²) >= 11 is 0. The maximum Gasteiger partial charge on any atom is 0.220 e. The molecule has 1 amide bonds. The number of hydrogen-bond donors (Lipinski definition) is 2. The van der Waals surface area contributed by atoms with Crippen LogP contribution in [0.15, 0.2) is 48.5 Å². The molecule has 0 bridgehead atoms. The van der Waals surface area contributed by atoms with Crippen molar-refractivity contribution in [3.8, 4) is 0 Å². The van der Waals surface area contributed by atoms with Crippen LogP contribution < -0.4 is 11.1 Å². The van der Waals surface area contributed by atoms with Crippen LogP contribution in [0.4, 0.5) is 0 Å². The van der Waals surface area contributed by atoms with Crippen molar-refractivity contribution in [3.63, 3.8) is 0 Å². The number of fused-ring (bicyclic) bond motifs is 1. The quantitative estimate of drug-likeness (QED) is 0.764. The van der Waals surface area contributed by atoms with Crippen molar-refractivity contribution in [1.29, 1.82) is 0 Å². The van der Waals surface area contributed by atoms with Gasteiger partial charge in [0, 0.05) is 31.0 Å². The normalized spacial score (nSPS) is 14.0. The van der Waals surface area contributed by atoms with E-state index in [0.29, 0.717) is 6.54 Å². The van der Waals surface area contributed by atoms with Crippen LogP contribution in [0, 0.1) is 0 Å². The number of ketones is 1. The van der Waals surface area contributed by atoms with E-state index in [1.54, 1.807) is 0 Å². The van der Waals surface area contributed by atoms with Gasteiger partial charge in [-0.25, -0.2) is 0 Å². The molecule has 1 aliphatic rings. The Hall–Kier alpha value is -2.46. The van der Waals surface area contributed by atoms with E-state index in [4.69, 9.17) is 5.73 Å². The smallest absolute Gasteiger partial charge is 0.220 e. The molecule has 0 saturated carbocycles. The molecule has 1 aliphatic carbocycles. The third kappa shape index (κ3) is 4.54. The van der Waals surface area contributed by atoms with Crippen molar-refractivity contribution in [1.82, 2.24) is 5.32 Å². The highest BCUT2D eigenvalue weighted by atomic mass is 16.2. The molecule has 0 aliphatic heterocycles. The maximum atomic E-state index is 12.3. The van der Waals surface area contributed by atoms with Crippen LogP contribution in [0.1, 0.15) is 52.4 Å². The van der Waals surface area contributed by atoms with Crippen molar-refractivity contribution < 1.29 is 9.59 Å². The Kier molecular flexibility index (Phi) is 5.61. The minimum absolute atomic E-state index is 0.0252. The number of carbonyl (C=O) groups is 2. The van der Waals surface area contributed by atoms with E-state index in [1.807, 2.05) is 42.5 Å². The first-order chi connectivity index (χ1) is 12.1. The molecule has 0 saturated heterocycles. The number of amides is 1. The average Bonchev–Trinajstić information content (AvgIpc) is 3.12. The molecule has 3 N–H and O–H groups in total. The Labute approximate surface area is 148 Å². The Morgan fingerprint density at radius 1 is 1.00 bits per heavy atom. The number of nitrogens with two attached hydrogens (primary N) is 1. The molecule has 0 radical (unpaired) electrons. The average molecular weight is 336 g/mol. The van der Waals surface area contributed by atoms with Gasteiger partial charge in [0.05, 0.1) is 0 Å². The van der Waals surface area contributed by atoms with Crippen LogP contribution in [0.25, 0.3) is 0 Å². The molecule has 1 unspecified atom stereocenters. The lowest BCUT2D eigenvalue weighted by Gasteiger charge is -2.13. The van der Waals surface area contributed by atoms with Gasteiger partial charge >= 0.3 is 0 Å². The van der Waals surface area contributed by atoms with Gasteiger partial charge in [0.15, 0.2) is 5.78 Å². The summed E-state index contributed by atoms with van der Waals surface area (Å²) in [6.07, 6.45) is 3.74. The summed E-state index contributed by atoms with van der Waals surface area (Å²) in [7, 11) is 0. The molecule has 1 atom stereocenters. The predicted molar refractivity (Wildman–Crippen MR) is 98.4 cm³/mol. The summed E-state index contributed by atoms with van der Waals surface area (Å²) in [4.78, 5) is 24.3. The Balaban J connectivity index is 1.45. The van der Waals surface area contributed by atoms with Crippen LogP contribution in [-0.2, 0) is 17.6 Å². The highest BCUT2D eigenvalue weighted by Crippen LogP contribution is 2.23. The summed E-state index contributed by atoms with van der Waals surface area (Å²) in [6.45, 7) is 0.371. The van der Waals surface area contributed by atoms with Gasteiger partial charge < -0.3 is 11.1 Å². The summed E-state index contributed by atoms with van der Waals surface area (Å²) in [6, 6.07) is 15.3. The summed E-state index contributed by atoms with van der Waals surface area (Å²) in [5.74, 6) is -0.113. The zero-order valence-electron chi connectivity index (χ0n) is 14.3. The van der Waals surface area contributed by atoms with Gasteiger partial charge in [0.2, 0.25) is 5.91 Å². The molecule has 0 heterocycles. The van der Waals surface area contributed by atoms with Gasteiger partial charge in [0.1, 0.15) is 0 Å². The van der Waals surface area contributed by atoms with E-state index < -0.39 is 0 Å². The minimum atomic E-state index is -0.238. The lowest BCUT2D eigenvalue weighted by molar-refractivity contribution is -0.121. The summed E-state index contributed by atoms with van der Waals surface area (Å²) in [5.41, 5.74) is 10.4. The molecule has 2 aromatic rings. The first-order valence-corrected chi connectivity index (χ1v) is 8.85. The van der Waals surface area contributed by atoms with Crippen LogP contribution in [0.3, 0.4) is 0 Å². The van der Waals surface area contributed by atoms with Gasteiger partial charge in [-0.1, -0.05) is 42.5 Å². The van der Waals surface area contributed by atoms with Crippen molar-refractivity contribution in [2.45, 2.75) is 38.1 Å². The number of carbonyl (C=O) groups excluding carboxylic acids is 2. The fraction of sp³-hybridized carbons (Fsp3) is 0.333. The third-order valence-corrected chi connectivity index (χ3v) is 4.75. The van der Waals surface area contributed by atoms with E-state index in [1.165, 1.54) is 11.1 Å². The van der Waals surface area contributed by atoms with E-state index in [2.05, 4.69) is 11.4 Å². The zero-order chi connectivity index (χ0) is 17.6. The highest BCUT2D eigenvalue weighted by Gasteiger charge is 2.15. The number of rotatable bonds is 7. The third-order valence-electron chi connectivity index (χ3n) is 4.75. The molecule has 130 valence electrons. The molecule has 0 aromatic heterocycles. The Morgan fingerprint density at radius 2 is 1.76 bits per heavy atom. The molecule has 4 nitrogen and oxygen atoms in total. The van der Waals surface area contributed by atoms with Crippen molar-refractivity contribution in [2.75, 3.05) is 6.54 Å². The second kappa shape index (κ2) is 8.08. The molecular weight excluding hydrogens is 312 g/mol. The summed E-state index contributed by atoms with van der Waals surface area (Å²) < 4.78 is 0. The monoisotopic (exact) mass is 336 g/mol. The Morgan fingerprint density at radius 3 is 2.56 bits per heavy atom. The number of benzene rings is 2. The first-order valence-electron chi connectivity index (χ1n) is 8.85. The van der Waals surface area contributed by atoms with E-state index in [0.717, 1.165) is 30.4 Å². The number of Topliss-reactive ketones (excluding diaryl/α,β-unsaturated/α-hetero) is 1. The second-order valence-corrected chi connectivity index (χ2v) is 6.58. The molecule has 0 fully saturated rings. The van der Waals surface area contributed by atoms with Crippen LogP contribution in [0.2, 0.25) is 0 Å². The van der Waals surface area contributed by atoms with Gasteiger partial charge in [-0.2, -0.15) is 0 Å². The van der Waals surface area contributed by atoms with Crippen molar-refractivity contribution in [2.24, 2.45) is 5.73 Å². The molecule has 4 heteroatoms. The SMILES string of the molecule is NC(CNC(=O)CCC(=O)c1ccc2c(c1)CCC2)c1ccccc1. The van der Waals surface area contributed by atoms with Crippen LogP contribution in [0.5, 0.6) is 0 Å². The van der Waals surface area contributed by atoms with Gasteiger partial charge in [-0.05, 0) is 42.0 Å². The number of hydrogen-bond acceptors (Lipinski definition) is 3. The number of nitrogens with one attached hydrogen (secondary N) is 1. The maximum absolute atomic E-state index is 12.3. The largest absolute Gasteiger partial charge is 0.354 e. The minimum Gasteiger partial charge on any atom is -0.354 e. The van der Waals surface area contributed by atoms with Crippen LogP contribution in [-0.4, -0.2) is 18.2 Å². The molecule has 3 rings (SSSR count). The summed E-state index contributed by atoms with van der Waals surface area (Å²) in [5, 5.41) is 2.81.